The lowest BCUT2D eigenvalue weighted by Crippen LogP contribution is -2.44. The van der Waals surface area contributed by atoms with Crippen molar-refractivity contribution < 1.29 is 14.2 Å². The summed E-state index contributed by atoms with van der Waals surface area (Å²) in [6.07, 6.45) is 4.63. The molecule has 3 aromatic heterocycles. The van der Waals surface area contributed by atoms with Gasteiger partial charge in [0.2, 0.25) is 5.88 Å². The summed E-state index contributed by atoms with van der Waals surface area (Å²) in [5.41, 5.74) is 8.33. The second-order valence-corrected chi connectivity index (χ2v) is 11.4. The van der Waals surface area contributed by atoms with Crippen LogP contribution < -0.4 is 20.7 Å². The second-order valence-electron chi connectivity index (χ2n) is 10.3. The number of aromatic hydroxyl groups is 1. The van der Waals surface area contributed by atoms with Crippen molar-refractivity contribution in [2.75, 3.05) is 56.5 Å². The molecule has 6 heterocycles. The van der Waals surface area contributed by atoms with Gasteiger partial charge in [0, 0.05) is 37.3 Å². The van der Waals surface area contributed by atoms with E-state index in [9.17, 15) is 9.50 Å². The number of nitrogens with zero attached hydrogens (tertiary/aromatic N) is 6. The molecule has 12 heteroatoms. The minimum Gasteiger partial charge on any atom is -0.493 e. The lowest BCUT2D eigenvalue weighted by molar-refractivity contribution is 0.108. The molecule has 7 rings (SSSR count). The van der Waals surface area contributed by atoms with Gasteiger partial charge in [0.05, 0.1) is 21.3 Å². The molecule has 0 atom stereocenters. The standard InChI is InChI=1S/C26H29FN8O2S/c27-17-4-3-15(19-21(17)38-24(28)32-19)16-13-18-20(31-23(16)36)22(34-11-7-29-8-12-34)33-25(30-18)37-14-26-5-1-9-35(26)10-2-6-26/h3-4,13,29H,1-2,5-12,14H2,(H2,28,32)(H,31,36). The Bertz CT molecular complexity index is 1530. The Hall–Kier alpha value is -3.35. The van der Waals surface area contributed by atoms with E-state index in [-0.39, 0.29) is 16.6 Å². The number of piperazine rings is 1. The SMILES string of the molecule is Nc1nc2c(-c3cc4nc(OCC56CCCN5CCC6)nc(N5CCNCC5)c4nc3O)ccc(F)c2s1. The highest BCUT2D eigenvalue weighted by molar-refractivity contribution is 7.22. The van der Waals surface area contributed by atoms with Gasteiger partial charge in [0.25, 0.3) is 0 Å². The summed E-state index contributed by atoms with van der Waals surface area (Å²) >= 11 is 1.07. The third-order valence-electron chi connectivity index (χ3n) is 8.11. The molecule has 198 valence electrons. The van der Waals surface area contributed by atoms with Gasteiger partial charge in [0.15, 0.2) is 10.9 Å². The maximum Gasteiger partial charge on any atom is 0.319 e. The van der Waals surface area contributed by atoms with Crippen LogP contribution in [0.2, 0.25) is 0 Å². The number of halogens is 1. The number of anilines is 2. The highest BCUT2D eigenvalue weighted by Gasteiger charge is 2.45. The van der Waals surface area contributed by atoms with Gasteiger partial charge in [-0.05, 0) is 57.0 Å². The van der Waals surface area contributed by atoms with Gasteiger partial charge in [-0.25, -0.2) is 14.4 Å². The number of fused-ring (bicyclic) bond motifs is 3. The van der Waals surface area contributed by atoms with E-state index in [4.69, 9.17) is 20.4 Å². The van der Waals surface area contributed by atoms with Gasteiger partial charge in [-0.1, -0.05) is 11.3 Å². The quantitative estimate of drug-likeness (QED) is 0.350. The van der Waals surface area contributed by atoms with Crippen molar-refractivity contribution in [3.8, 4) is 23.0 Å². The van der Waals surface area contributed by atoms with E-state index in [1.165, 1.54) is 18.9 Å². The number of hydrogen-bond donors (Lipinski definition) is 3. The van der Waals surface area contributed by atoms with Crippen LogP contribution in [0.5, 0.6) is 11.9 Å². The van der Waals surface area contributed by atoms with Crippen LogP contribution in [0.25, 0.3) is 32.4 Å². The Morgan fingerprint density at radius 3 is 2.61 bits per heavy atom. The van der Waals surface area contributed by atoms with Crippen molar-refractivity contribution in [1.82, 2.24) is 30.2 Å². The van der Waals surface area contributed by atoms with E-state index in [2.05, 4.69) is 25.1 Å². The van der Waals surface area contributed by atoms with Crippen LogP contribution in [0.3, 0.4) is 0 Å². The molecule has 3 fully saturated rings. The van der Waals surface area contributed by atoms with Crippen LogP contribution in [0.15, 0.2) is 18.2 Å². The third-order valence-corrected chi connectivity index (χ3v) is 9.00. The van der Waals surface area contributed by atoms with Gasteiger partial charge < -0.3 is 25.8 Å². The second kappa shape index (κ2) is 9.14. The minimum absolute atomic E-state index is 0.0656. The van der Waals surface area contributed by atoms with Crippen molar-refractivity contribution in [2.45, 2.75) is 31.2 Å². The van der Waals surface area contributed by atoms with Gasteiger partial charge in [-0.2, -0.15) is 9.97 Å². The van der Waals surface area contributed by atoms with E-state index in [0.29, 0.717) is 50.8 Å². The molecule has 3 saturated heterocycles. The summed E-state index contributed by atoms with van der Waals surface area (Å²) in [6, 6.07) is 5.01. The molecule has 1 aromatic carbocycles. The summed E-state index contributed by atoms with van der Waals surface area (Å²) in [7, 11) is 0. The fraction of sp³-hybridized carbons (Fsp3) is 0.462. The first-order valence-electron chi connectivity index (χ1n) is 13.1. The lowest BCUT2D eigenvalue weighted by atomic mass is 9.95. The van der Waals surface area contributed by atoms with E-state index in [1.54, 1.807) is 12.1 Å². The summed E-state index contributed by atoms with van der Waals surface area (Å²) in [5, 5.41) is 14.7. The highest BCUT2D eigenvalue weighted by atomic mass is 32.1. The molecule has 0 spiro atoms. The van der Waals surface area contributed by atoms with E-state index in [1.807, 2.05) is 0 Å². The molecule has 38 heavy (non-hydrogen) atoms. The smallest absolute Gasteiger partial charge is 0.319 e. The first-order valence-corrected chi connectivity index (χ1v) is 13.9. The molecule has 10 nitrogen and oxygen atoms in total. The largest absolute Gasteiger partial charge is 0.493 e. The van der Waals surface area contributed by atoms with Crippen LogP contribution in [0, 0.1) is 5.82 Å². The zero-order valence-corrected chi connectivity index (χ0v) is 21.7. The molecule has 0 unspecified atom stereocenters. The average molecular weight is 537 g/mol. The third kappa shape index (κ3) is 3.89. The van der Waals surface area contributed by atoms with Gasteiger partial charge >= 0.3 is 6.01 Å². The Balaban J connectivity index is 1.34. The van der Waals surface area contributed by atoms with Crippen molar-refractivity contribution in [2.24, 2.45) is 0 Å². The van der Waals surface area contributed by atoms with Gasteiger partial charge in [-0.15, -0.1) is 0 Å². The number of nitrogens with one attached hydrogen (secondary N) is 1. The molecule has 3 aliphatic rings. The number of nitrogen functional groups attached to an aromatic ring is 1. The normalized spacial score (nSPS) is 19.4. The van der Waals surface area contributed by atoms with Gasteiger partial charge in [0.1, 0.15) is 17.9 Å². The van der Waals surface area contributed by atoms with Crippen LogP contribution in [-0.2, 0) is 0 Å². The fourth-order valence-corrected chi connectivity index (χ4v) is 7.01. The highest BCUT2D eigenvalue weighted by Crippen LogP contribution is 2.41. The topological polar surface area (TPSA) is 126 Å². The molecule has 0 aliphatic carbocycles. The molecule has 3 aliphatic heterocycles. The maximum absolute atomic E-state index is 14.5. The van der Waals surface area contributed by atoms with E-state index in [0.717, 1.165) is 63.4 Å². The monoisotopic (exact) mass is 536 g/mol. The number of rotatable bonds is 5. The Labute approximate surface area is 222 Å². The number of pyridine rings is 1. The summed E-state index contributed by atoms with van der Waals surface area (Å²) in [5.74, 6) is 0.0391. The number of ether oxygens (including phenoxy) is 1. The van der Waals surface area contributed by atoms with Crippen molar-refractivity contribution in [3.05, 3.63) is 24.0 Å². The first kappa shape index (κ1) is 23.7. The maximum atomic E-state index is 14.5. The summed E-state index contributed by atoms with van der Waals surface area (Å²) < 4.78 is 21.1. The van der Waals surface area contributed by atoms with Crippen LogP contribution >= 0.6 is 11.3 Å². The number of nitrogens with two attached hydrogens (primary N) is 1. The lowest BCUT2D eigenvalue weighted by Gasteiger charge is -2.32. The van der Waals surface area contributed by atoms with Gasteiger partial charge in [-0.3, -0.25) is 4.90 Å². The zero-order chi connectivity index (χ0) is 25.9. The molecular weight excluding hydrogens is 507 g/mol. The van der Waals surface area contributed by atoms with Crippen LogP contribution in [0.1, 0.15) is 25.7 Å². The summed E-state index contributed by atoms with van der Waals surface area (Å²) in [6.45, 7) is 5.94. The number of hydrogen-bond acceptors (Lipinski definition) is 11. The van der Waals surface area contributed by atoms with Crippen LogP contribution in [0.4, 0.5) is 15.3 Å². The number of thiazole rings is 1. The van der Waals surface area contributed by atoms with E-state index >= 15 is 0 Å². The molecule has 4 aromatic rings. The van der Waals surface area contributed by atoms with Crippen molar-refractivity contribution in [3.63, 3.8) is 0 Å². The molecular formula is C26H29FN8O2S. The Morgan fingerprint density at radius 2 is 1.82 bits per heavy atom. The molecule has 0 bridgehead atoms. The molecule has 4 N–H and O–H groups in total. The number of aromatic nitrogens is 4. The average Bonchev–Trinajstić information content (AvgIpc) is 3.62. The predicted molar refractivity (Wildman–Crippen MR) is 145 cm³/mol. The number of benzene rings is 1. The van der Waals surface area contributed by atoms with Crippen molar-refractivity contribution >= 4 is 43.5 Å². The zero-order valence-electron chi connectivity index (χ0n) is 20.9. The Morgan fingerprint density at radius 1 is 1.03 bits per heavy atom. The first-order chi connectivity index (χ1) is 18.5. The van der Waals surface area contributed by atoms with E-state index < -0.39 is 5.82 Å². The molecule has 0 radical (unpaired) electrons. The predicted octanol–water partition coefficient (Wildman–Crippen LogP) is 3.15. The molecule has 0 amide bonds. The fourth-order valence-electron chi connectivity index (χ4n) is 6.24. The minimum atomic E-state index is -0.405. The van der Waals surface area contributed by atoms with Crippen molar-refractivity contribution in [1.29, 1.82) is 0 Å². The summed E-state index contributed by atoms with van der Waals surface area (Å²) in [4.78, 5) is 23.1. The van der Waals surface area contributed by atoms with Crippen LogP contribution in [-0.4, -0.2) is 81.4 Å². The Kier molecular flexibility index (Phi) is 5.71. The molecule has 0 saturated carbocycles.